The lowest BCUT2D eigenvalue weighted by molar-refractivity contribution is 0.747. The molecular formula is C19H16N4O. The highest BCUT2D eigenvalue weighted by atomic mass is 16.1. The number of fused-ring (bicyclic) bond motifs is 1. The largest absolute Gasteiger partial charge is 0.294 e. The van der Waals surface area contributed by atoms with E-state index in [4.69, 9.17) is 0 Å². The molecule has 0 aliphatic heterocycles. The van der Waals surface area contributed by atoms with Crippen molar-refractivity contribution in [2.75, 3.05) is 0 Å². The molecular weight excluding hydrogens is 300 g/mol. The zero-order valence-corrected chi connectivity index (χ0v) is 13.3. The molecule has 5 nitrogen and oxygen atoms in total. The van der Waals surface area contributed by atoms with Crippen molar-refractivity contribution >= 4 is 11.0 Å². The number of para-hydroxylation sites is 1. The van der Waals surface area contributed by atoms with Crippen LogP contribution >= 0.6 is 0 Å². The van der Waals surface area contributed by atoms with E-state index >= 15 is 0 Å². The Morgan fingerprint density at radius 3 is 2.50 bits per heavy atom. The molecule has 0 saturated heterocycles. The molecule has 24 heavy (non-hydrogen) atoms. The van der Waals surface area contributed by atoms with Gasteiger partial charge in [0.2, 0.25) is 0 Å². The summed E-state index contributed by atoms with van der Waals surface area (Å²) >= 11 is 0. The van der Waals surface area contributed by atoms with Crippen LogP contribution in [0.5, 0.6) is 0 Å². The number of rotatable bonds is 3. The van der Waals surface area contributed by atoms with E-state index in [1.54, 1.807) is 21.8 Å². The first-order valence-corrected chi connectivity index (χ1v) is 7.76. The van der Waals surface area contributed by atoms with Gasteiger partial charge in [-0.25, -0.2) is 9.67 Å². The van der Waals surface area contributed by atoms with Crippen molar-refractivity contribution in [2.45, 2.75) is 13.5 Å². The summed E-state index contributed by atoms with van der Waals surface area (Å²) in [5.74, 6) is 0. The van der Waals surface area contributed by atoms with Crippen molar-refractivity contribution in [1.82, 2.24) is 19.3 Å². The third-order valence-corrected chi connectivity index (χ3v) is 4.00. The number of hydrogen-bond donors (Lipinski definition) is 0. The van der Waals surface area contributed by atoms with Gasteiger partial charge in [-0.15, -0.1) is 5.10 Å². The van der Waals surface area contributed by atoms with E-state index in [2.05, 4.69) is 10.1 Å². The molecule has 2 aromatic heterocycles. The minimum Gasteiger partial charge on any atom is -0.294 e. The van der Waals surface area contributed by atoms with Crippen molar-refractivity contribution in [3.8, 4) is 5.69 Å². The van der Waals surface area contributed by atoms with E-state index in [1.807, 2.05) is 61.5 Å². The van der Waals surface area contributed by atoms with Crippen LogP contribution in [0.15, 0.2) is 71.9 Å². The second kappa shape index (κ2) is 5.77. The summed E-state index contributed by atoms with van der Waals surface area (Å²) in [4.78, 5) is 17.0. The minimum absolute atomic E-state index is 0.0808. The molecule has 5 heteroatoms. The van der Waals surface area contributed by atoms with E-state index in [0.29, 0.717) is 17.6 Å². The fraction of sp³-hybridized carbons (Fsp3) is 0.105. The Morgan fingerprint density at radius 2 is 1.75 bits per heavy atom. The summed E-state index contributed by atoms with van der Waals surface area (Å²) in [5, 5.41) is 4.92. The zero-order chi connectivity index (χ0) is 16.5. The highest BCUT2D eigenvalue weighted by Gasteiger charge is 2.10. The summed E-state index contributed by atoms with van der Waals surface area (Å²) < 4.78 is 3.30. The van der Waals surface area contributed by atoms with Crippen LogP contribution in [0.25, 0.3) is 16.7 Å². The van der Waals surface area contributed by atoms with Gasteiger partial charge in [-0.3, -0.25) is 9.36 Å². The van der Waals surface area contributed by atoms with Gasteiger partial charge in [-0.1, -0.05) is 48.0 Å². The lowest BCUT2D eigenvalue weighted by atomic mass is 10.1. The van der Waals surface area contributed by atoms with E-state index in [9.17, 15) is 4.79 Å². The molecule has 0 unspecified atom stereocenters. The lowest BCUT2D eigenvalue weighted by Crippen LogP contribution is -2.20. The van der Waals surface area contributed by atoms with Gasteiger partial charge >= 0.3 is 0 Å². The molecule has 0 radical (unpaired) electrons. The Kier molecular flexibility index (Phi) is 3.46. The standard InChI is InChI=1S/C19H16N4O/c1-14-7-9-15(10-8-14)11-22-13-20-18-17(19(22)24)12-23(21-18)16-5-3-2-4-6-16/h2-10,12-13H,11H2,1H3. The van der Waals surface area contributed by atoms with Gasteiger partial charge in [0, 0.05) is 6.20 Å². The smallest absolute Gasteiger partial charge is 0.264 e. The van der Waals surface area contributed by atoms with Crippen LogP contribution < -0.4 is 5.56 Å². The highest BCUT2D eigenvalue weighted by Crippen LogP contribution is 2.11. The lowest BCUT2D eigenvalue weighted by Gasteiger charge is -2.05. The molecule has 0 aliphatic rings. The molecule has 0 fully saturated rings. The van der Waals surface area contributed by atoms with E-state index < -0.39 is 0 Å². The van der Waals surface area contributed by atoms with Crippen LogP contribution in [-0.4, -0.2) is 19.3 Å². The van der Waals surface area contributed by atoms with E-state index in [1.165, 1.54) is 5.56 Å². The predicted octanol–water partition coefficient (Wildman–Crippen LogP) is 2.94. The van der Waals surface area contributed by atoms with Gasteiger partial charge in [0.1, 0.15) is 11.7 Å². The first-order chi connectivity index (χ1) is 11.7. The average molecular weight is 316 g/mol. The van der Waals surface area contributed by atoms with E-state index in [-0.39, 0.29) is 5.56 Å². The Morgan fingerprint density at radius 1 is 1.00 bits per heavy atom. The topological polar surface area (TPSA) is 52.7 Å². The monoisotopic (exact) mass is 316 g/mol. The normalized spacial score (nSPS) is 11.0. The maximum Gasteiger partial charge on any atom is 0.264 e. The van der Waals surface area contributed by atoms with Gasteiger partial charge in [0.25, 0.3) is 5.56 Å². The quantitative estimate of drug-likeness (QED) is 0.584. The molecule has 2 aromatic carbocycles. The number of aromatic nitrogens is 4. The maximum atomic E-state index is 12.7. The predicted molar refractivity (Wildman–Crippen MR) is 93.4 cm³/mol. The summed E-state index contributed by atoms with van der Waals surface area (Å²) in [5.41, 5.74) is 3.55. The average Bonchev–Trinajstić information content (AvgIpc) is 3.05. The number of benzene rings is 2. The minimum atomic E-state index is -0.0808. The summed E-state index contributed by atoms with van der Waals surface area (Å²) in [6.45, 7) is 2.54. The third-order valence-electron chi connectivity index (χ3n) is 4.00. The van der Waals surface area contributed by atoms with Gasteiger partial charge < -0.3 is 0 Å². The third kappa shape index (κ3) is 2.60. The van der Waals surface area contributed by atoms with Crippen LogP contribution in [-0.2, 0) is 6.54 Å². The fourth-order valence-corrected chi connectivity index (χ4v) is 2.66. The molecule has 2 heterocycles. The van der Waals surface area contributed by atoms with Crippen molar-refractivity contribution in [3.05, 3.63) is 88.6 Å². The molecule has 0 amide bonds. The Bertz CT molecular complexity index is 1050. The van der Waals surface area contributed by atoms with Crippen LogP contribution in [0.3, 0.4) is 0 Å². The summed E-state index contributed by atoms with van der Waals surface area (Å²) in [6.07, 6.45) is 3.30. The summed E-state index contributed by atoms with van der Waals surface area (Å²) in [7, 11) is 0. The number of nitrogens with zero attached hydrogens (tertiary/aromatic N) is 4. The van der Waals surface area contributed by atoms with Crippen molar-refractivity contribution in [2.24, 2.45) is 0 Å². The SMILES string of the molecule is Cc1ccc(Cn2cnc3nn(-c4ccccc4)cc3c2=O)cc1. The van der Waals surface area contributed by atoms with Crippen LogP contribution in [0.2, 0.25) is 0 Å². The fourth-order valence-electron chi connectivity index (χ4n) is 2.66. The zero-order valence-electron chi connectivity index (χ0n) is 13.3. The second-order valence-corrected chi connectivity index (χ2v) is 5.81. The highest BCUT2D eigenvalue weighted by molar-refractivity contribution is 5.73. The molecule has 4 rings (SSSR count). The van der Waals surface area contributed by atoms with Crippen molar-refractivity contribution in [3.63, 3.8) is 0 Å². The Labute approximate surface area is 138 Å². The van der Waals surface area contributed by atoms with E-state index in [0.717, 1.165) is 11.3 Å². The molecule has 0 bridgehead atoms. The van der Waals surface area contributed by atoms with Crippen LogP contribution in [0.1, 0.15) is 11.1 Å². The Hall–Kier alpha value is -3.21. The Balaban J connectivity index is 1.75. The van der Waals surface area contributed by atoms with Gasteiger partial charge in [0.15, 0.2) is 5.65 Å². The molecule has 0 atom stereocenters. The first kappa shape index (κ1) is 14.4. The molecule has 0 saturated carbocycles. The van der Waals surface area contributed by atoms with Crippen LogP contribution in [0.4, 0.5) is 0 Å². The molecule has 4 aromatic rings. The maximum absolute atomic E-state index is 12.7. The second-order valence-electron chi connectivity index (χ2n) is 5.81. The van der Waals surface area contributed by atoms with Gasteiger partial charge in [-0.2, -0.15) is 0 Å². The molecule has 0 spiro atoms. The number of hydrogen-bond acceptors (Lipinski definition) is 3. The van der Waals surface area contributed by atoms with Crippen molar-refractivity contribution < 1.29 is 0 Å². The van der Waals surface area contributed by atoms with Crippen molar-refractivity contribution in [1.29, 1.82) is 0 Å². The summed E-state index contributed by atoms with van der Waals surface area (Å²) in [6, 6.07) is 17.8. The van der Waals surface area contributed by atoms with Crippen LogP contribution in [0, 0.1) is 6.92 Å². The molecule has 0 N–H and O–H groups in total. The first-order valence-electron chi connectivity index (χ1n) is 7.76. The van der Waals surface area contributed by atoms with Gasteiger partial charge in [0.05, 0.1) is 12.2 Å². The number of aryl methyl sites for hydroxylation is 1. The molecule has 118 valence electrons. The van der Waals surface area contributed by atoms with Gasteiger partial charge in [-0.05, 0) is 24.6 Å². The molecule has 0 aliphatic carbocycles.